The first kappa shape index (κ1) is 16.8. The van der Waals surface area contributed by atoms with Gasteiger partial charge in [0.2, 0.25) is 0 Å². The van der Waals surface area contributed by atoms with Crippen LogP contribution in [0.15, 0.2) is 36.9 Å². The Balaban J connectivity index is 3.07. The fourth-order valence-corrected chi connectivity index (χ4v) is 1.87. The zero-order valence-electron chi connectivity index (χ0n) is 12.4. The molecule has 1 unspecified atom stereocenters. The number of rotatable bonds is 8. The van der Waals surface area contributed by atoms with E-state index in [2.05, 4.69) is 6.58 Å². The number of carboxylic acid groups (broad SMARTS) is 1. The Labute approximate surface area is 124 Å². The molecule has 1 rings (SSSR count). The highest BCUT2D eigenvalue weighted by molar-refractivity contribution is 5.98. The quantitative estimate of drug-likeness (QED) is 0.748. The van der Waals surface area contributed by atoms with E-state index in [0.717, 1.165) is 0 Å². The molecule has 21 heavy (non-hydrogen) atoms. The lowest BCUT2D eigenvalue weighted by Gasteiger charge is -2.27. The van der Waals surface area contributed by atoms with Gasteiger partial charge in [-0.2, -0.15) is 0 Å². The number of para-hydroxylation sites is 1. The SMILES string of the molecule is C=CCOc1ccccc1C(=O)N(CC(=O)O)C(C)CC. The molecule has 114 valence electrons. The van der Waals surface area contributed by atoms with E-state index in [0.29, 0.717) is 17.7 Å². The standard InChI is InChI=1S/C16H21NO4/c1-4-10-21-14-9-7-6-8-13(14)16(20)17(11-15(18)19)12(3)5-2/h4,6-9,12H,1,5,10-11H2,2-3H3,(H,18,19). The summed E-state index contributed by atoms with van der Waals surface area (Å²) in [6.07, 6.45) is 2.26. The first-order valence-corrected chi connectivity index (χ1v) is 6.86. The van der Waals surface area contributed by atoms with Gasteiger partial charge in [-0.05, 0) is 25.5 Å². The van der Waals surface area contributed by atoms with Gasteiger partial charge >= 0.3 is 5.97 Å². The zero-order chi connectivity index (χ0) is 15.8. The molecule has 0 aromatic heterocycles. The van der Waals surface area contributed by atoms with Crippen molar-refractivity contribution < 1.29 is 19.4 Å². The normalized spacial score (nSPS) is 11.5. The largest absolute Gasteiger partial charge is 0.489 e. The van der Waals surface area contributed by atoms with Gasteiger partial charge in [0, 0.05) is 6.04 Å². The molecule has 0 saturated carbocycles. The highest BCUT2D eigenvalue weighted by Crippen LogP contribution is 2.21. The number of carbonyl (C=O) groups excluding carboxylic acids is 1. The topological polar surface area (TPSA) is 66.8 Å². The van der Waals surface area contributed by atoms with Gasteiger partial charge in [0.1, 0.15) is 18.9 Å². The molecule has 5 heteroatoms. The van der Waals surface area contributed by atoms with Crippen molar-refractivity contribution in [3.8, 4) is 5.75 Å². The maximum atomic E-state index is 12.6. The molecule has 0 bridgehead atoms. The second-order valence-corrected chi connectivity index (χ2v) is 4.68. The highest BCUT2D eigenvalue weighted by atomic mass is 16.5. The summed E-state index contributed by atoms with van der Waals surface area (Å²) in [5.74, 6) is -0.944. The average Bonchev–Trinajstić information content (AvgIpc) is 2.49. The van der Waals surface area contributed by atoms with Crippen molar-refractivity contribution in [3.05, 3.63) is 42.5 Å². The van der Waals surface area contributed by atoms with Crippen molar-refractivity contribution in [2.75, 3.05) is 13.2 Å². The Morgan fingerprint density at radius 3 is 2.67 bits per heavy atom. The number of nitrogens with zero attached hydrogens (tertiary/aromatic N) is 1. The van der Waals surface area contributed by atoms with E-state index in [1.165, 1.54) is 4.90 Å². The van der Waals surface area contributed by atoms with Crippen LogP contribution in [-0.2, 0) is 4.79 Å². The highest BCUT2D eigenvalue weighted by Gasteiger charge is 2.25. The number of aliphatic carboxylic acids is 1. The molecule has 0 aliphatic carbocycles. The molecular weight excluding hydrogens is 270 g/mol. The van der Waals surface area contributed by atoms with Crippen molar-refractivity contribution >= 4 is 11.9 Å². The van der Waals surface area contributed by atoms with Crippen LogP contribution < -0.4 is 4.74 Å². The number of ether oxygens (including phenoxy) is 1. The lowest BCUT2D eigenvalue weighted by atomic mass is 10.1. The molecule has 1 N–H and O–H groups in total. The van der Waals surface area contributed by atoms with Gasteiger partial charge in [-0.15, -0.1) is 0 Å². The van der Waals surface area contributed by atoms with Crippen LogP contribution in [0.25, 0.3) is 0 Å². The van der Waals surface area contributed by atoms with E-state index in [9.17, 15) is 9.59 Å². The predicted molar refractivity (Wildman–Crippen MR) is 80.6 cm³/mol. The van der Waals surface area contributed by atoms with E-state index in [-0.39, 0.29) is 25.1 Å². The fraction of sp³-hybridized carbons (Fsp3) is 0.375. The van der Waals surface area contributed by atoms with Crippen molar-refractivity contribution in [2.45, 2.75) is 26.3 Å². The first-order valence-electron chi connectivity index (χ1n) is 6.86. The monoisotopic (exact) mass is 291 g/mol. The smallest absolute Gasteiger partial charge is 0.323 e. The Morgan fingerprint density at radius 1 is 1.43 bits per heavy atom. The summed E-state index contributed by atoms with van der Waals surface area (Å²) in [6.45, 7) is 7.26. The minimum absolute atomic E-state index is 0.166. The van der Waals surface area contributed by atoms with Crippen molar-refractivity contribution in [2.24, 2.45) is 0 Å². The minimum Gasteiger partial charge on any atom is -0.489 e. The van der Waals surface area contributed by atoms with Gasteiger partial charge < -0.3 is 14.7 Å². The number of carbonyl (C=O) groups is 2. The van der Waals surface area contributed by atoms with Crippen LogP contribution in [0.3, 0.4) is 0 Å². The summed E-state index contributed by atoms with van der Waals surface area (Å²) in [6, 6.07) is 6.65. The molecular formula is C16H21NO4. The Morgan fingerprint density at radius 2 is 2.10 bits per heavy atom. The molecule has 0 heterocycles. The van der Waals surface area contributed by atoms with E-state index in [1.54, 1.807) is 30.3 Å². The maximum Gasteiger partial charge on any atom is 0.323 e. The van der Waals surface area contributed by atoms with Crippen LogP contribution in [0.1, 0.15) is 30.6 Å². The minimum atomic E-state index is -1.03. The Kier molecular flexibility index (Phi) is 6.46. The van der Waals surface area contributed by atoms with Crippen molar-refractivity contribution in [1.29, 1.82) is 0 Å². The molecule has 1 aromatic rings. The molecule has 0 fully saturated rings. The second kappa shape index (κ2) is 8.09. The third kappa shape index (κ3) is 4.63. The summed E-state index contributed by atoms with van der Waals surface area (Å²) >= 11 is 0. The third-order valence-corrected chi connectivity index (χ3v) is 3.16. The van der Waals surface area contributed by atoms with Crippen LogP contribution in [-0.4, -0.2) is 41.1 Å². The molecule has 0 saturated heterocycles. The zero-order valence-corrected chi connectivity index (χ0v) is 12.4. The van der Waals surface area contributed by atoms with Gasteiger partial charge in [-0.25, -0.2) is 0 Å². The summed E-state index contributed by atoms with van der Waals surface area (Å²) in [5, 5.41) is 9.00. The maximum absolute atomic E-state index is 12.6. The summed E-state index contributed by atoms with van der Waals surface area (Å²) in [4.78, 5) is 25.0. The van der Waals surface area contributed by atoms with Gasteiger partial charge in [0.05, 0.1) is 5.56 Å². The molecule has 0 spiro atoms. The van der Waals surface area contributed by atoms with Crippen LogP contribution in [0.2, 0.25) is 0 Å². The van der Waals surface area contributed by atoms with Gasteiger partial charge in [0.15, 0.2) is 0 Å². The average molecular weight is 291 g/mol. The van der Waals surface area contributed by atoms with Crippen LogP contribution >= 0.6 is 0 Å². The molecule has 0 aliphatic rings. The van der Waals surface area contributed by atoms with E-state index in [1.807, 2.05) is 13.8 Å². The second-order valence-electron chi connectivity index (χ2n) is 4.68. The lowest BCUT2D eigenvalue weighted by molar-refractivity contribution is -0.138. The van der Waals surface area contributed by atoms with Gasteiger partial charge in [-0.1, -0.05) is 31.7 Å². The Hall–Kier alpha value is -2.30. The summed E-state index contributed by atoms with van der Waals surface area (Å²) < 4.78 is 5.46. The first-order chi connectivity index (χ1) is 10.0. The van der Waals surface area contributed by atoms with Crippen molar-refractivity contribution in [1.82, 2.24) is 4.90 Å². The molecule has 5 nitrogen and oxygen atoms in total. The van der Waals surface area contributed by atoms with Crippen LogP contribution in [0.4, 0.5) is 0 Å². The molecule has 1 atom stereocenters. The van der Waals surface area contributed by atoms with Crippen molar-refractivity contribution in [3.63, 3.8) is 0 Å². The third-order valence-electron chi connectivity index (χ3n) is 3.16. The van der Waals surface area contributed by atoms with E-state index < -0.39 is 5.97 Å². The van der Waals surface area contributed by atoms with Gasteiger partial charge in [0.25, 0.3) is 5.91 Å². The molecule has 1 aromatic carbocycles. The van der Waals surface area contributed by atoms with Crippen LogP contribution in [0, 0.1) is 0 Å². The predicted octanol–water partition coefficient (Wildman–Crippen LogP) is 2.58. The molecule has 0 radical (unpaired) electrons. The number of amides is 1. The number of benzene rings is 1. The number of hydrogen-bond acceptors (Lipinski definition) is 3. The van der Waals surface area contributed by atoms with E-state index >= 15 is 0 Å². The Bertz CT molecular complexity index is 513. The summed E-state index contributed by atoms with van der Waals surface area (Å²) in [5.41, 5.74) is 0.362. The van der Waals surface area contributed by atoms with Gasteiger partial charge in [-0.3, -0.25) is 9.59 Å². The number of hydrogen-bond donors (Lipinski definition) is 1. The number of carboxylic acids is 1. The fourth-order valence-electron chi connectivity index (χ4n) is 1.87. The summed E-state index contributed by atoms with van der Waals surface area (Å²) in [7, 11) is 0. The molecule has 1 amide bonds. The lowest BCUT2D eigenvalue weighted by Crippen LogP contribution is -2.42. The van der Waals surface area contributed by atoms with Crippen LogP contribution in [0.5, 0.6) is 5.75 Å². The molecule has 0 aliphatic heterocycles. The van der Waals surface area contributed by atoms with E-state index in [4.69, 9.17) is 9.84 Å².